The second-order valence-electron chi connectivity index (χ2n) is 6.41. The lowest BCUT2D eigenvalue weighted by Gasteiger charge is -2.35. The smallest absolute Gasteiger partial charge is 0.223 e. The van der Waals surface area contributed by atoms with E-state index in [2.05, 4.69) is 15.5 Å². The molecule has 1 aromatic rings. The van der Waals surface area contributed by atoms with Gasteiger partial charge in [-0.2, -0.15) is 4.31 Å². The van der Waals surface area contributed by atoms with Crippen molar-refractivity contribution in [2.24, 2.45) is 4.99 Å². The molecule has 0 spiro atoms. The molecular formula is C16H29IN6O4S. The molecule has 0 atom stereocenters. The molecule has 1 fully saturated rings. The predicted molar refractivity (Wildman–Crippen MR) is 117 cm³/mol. The van der Waals surface area contributed by atoms with Crippen molar-refractivity contribution in [3.63, 3.8) is 0 Å². The van der Waals surface area contributed by atoms with Crippen molar-refractivity contribution in [3.8, 4) is 0 Å². The highest BCUT2D eigenvalue weighted by Gasteiger charge is 2.29. The third-order valence-corrected chi connectivity index (χ3v) is 5.99. The molecule has 2 heterocycles. The fourth-order valence-electron chi connectivity index (χ4n) is 2.68. The first-order valence-electron chi connectivity index (χ1n) is 8.94. The van der Waals surface area contributed by atoms with Gasteiger partial charge in [0.25, 0.3) is 0 Å². The number of carbonyl (C=O) groups excluding carboxylic acids is 1. The summed E-state index contributed by atoms with van der Waals surface area (Å²) in [6.07, 6.45) is 1.71. The number of halogens is 1. The molecule has 1 N–H and O–H groups in total. The van der Waals surface area contributed by atoms with Crippen molar-refractivity contribution < 1.29 is 17.7 Å². The lowest BCUT2D eigenvalue weighted by Crippen LogP contribution is -2.54. The Hall–Kier alpha value is -1.41. The molecule has 0 saturated carbocycles. The molecular weight excluding hydrogens is 499 g/mol. The Balaban J connectivity index is 0.00000392. The largest absolute Gasteiger partial charge is 0.364 e. The van der Waals surface area contributed by atoms with E-state index in [1.165, 1.54) is 10.6 Å². The van der Waals surface area contributed by atoms with E-state index in [0.717, 1.165) is 0 Å². The van der Waals surface area contributed by atoms with Crippen LogP contribution in [0.25, 0.3) is 0 Å². The van der Waals surface area contributed by atoms with E-state index in [9.17, 15) is 13.2 Å². The Labute approximate surface area is 183 Å². The molecule has 2 rings (SSSR count). The van der Waals surface area contributed by atoms with Crippen molar-refractivity contribution >= 4 is 45.9 Å². The first kappa shape index (κ1) is 24.6. The zero-order valence-corrected chi connectivity index (χ0v) is 19.6. The van der Waals surface area contributed by atoms with E-state index in [1.54, 1.807) is 25.1 Å². The molecule has 28 heavy (non-hydrogen) atoms. The Morgan fingerprint density at radius 1 is 1.32 bits per heavy atom. The molecule has 12 heteroatoms. The molecule has 1 saturated heterocycles. The maximum atomic E-state index is 12.5. The van der Waals surface area contributed by atoms with Gasteiger partial charge in [-0.25, -0.2) is 8.42 Å². The fourth-order valence-corrected chi connectivity index (χ4v) is 4.10. The third-order valence-electron chi connectivity index (χ3n) is 4.17. The molecule has 0 aromatic carbocycles. The number of carbonyl (C=O) groups is 1. The van der Waals surface area contributed by atoms with Crippen LogP contribution in [0.2, 0.25) is 0 Å². The van der Waals surface area contributed by atoms with Gasteiger partial charge in [0.15, 0.2) is 5.96 Å². The van der Waals surface area contributed by atoms with Crippen molar-refractivity contribution in [1.29, 1.82) is 0 Å². The van der Waals surface area contributed by atoms with Crippen LogP contribution in [0, 0.1) is 0 Å². The van der Waals surface area contributed by atoms with Crippen LogP contribution in [0.4, 0.5) is 0 Å². The van der Waals surface area contributed by atoms with E-state index in [0.29, 0.717) is 57.3 Å². The molecule has 1 aliphatic rings. The number of rotatable bonds is 7. The molecule has 1 aliphatic heterocycles. The van der Waals surface area contributed by atoms with Crippen molar-refractivity contribution in [1.82, 2.24) is 24.6 Å². The Kier molecular flexibility index (Phi) is 10.2. The normalized spacial score (nSPS) is 15.8. The standard InChI is InChI=1S/C16H28N6O4S.HI/c1-4-17-16(18-7-5-15(23)20(2)3)21-8-10-22(11-9-21)27(24,25)13-14-6-12-26-19-14;/h6,12H,4-5,7-11,13H2,1-3H3,(H,17,18);1H. The summed E-state index contributed by atoms with van der Waals surface area (Å²) in [4.78, 5) is 19.7. The number of sulfonamides is 1. The number of nitrogens with one attached hydrogen (secondary N) is 1. The Morgan fingerprint density at radius 2 is 2.00 bits per heavy atom. The number of aliphatic imine (C=N–C) groups is 1. The van der Waals surface area contributed by atoms with Gasteiger partial charge in [0.05, 0.1) is 12.2 Å². The highest BCUT2D eigenvalue weighted by molar-refractivity contribution is 14.0. The number of guanidine groups is 1. The number of hydrogen-bond donors (Lipinski definition) is 1. The van der Waals surface area contributed by atoms with Crippen molar-refractivity contribution in [3.05, 3.63) is 18.0 Å². The van der Waals surface area contributed by atoms with Gasteiger partial charge in [-0.15, -0.1) is 24.0 Å². The summed E-state index contributed by atoms with van der Waals surface area (Å²) in [6, 6.07) is 1.55. The molecule has 10 nitrogen and oxygen atoms in total. The summed E-state index contributed by atoms with van der Waals surface area (Å²) in [5.41, 5.74) is 0.401. The average Bonchev–Trinajstić information content (AvgIpc) is 3.13. The topological polar surface area (TPSA) is 111 Å². The Bertz CT molecular complexity index is 730. The van der Waals surface area contributed by atoms with E-state index < -0.39 is 10.0 Å². The molecule has 0 bridgehead atoms. The van der Waals surface area contributed by atoms with Crippen LogP contribution in [0.1, 0.15) is 19.0 Å². The fraction of sp³-hybridized carbons (Fsp3) is 0.688. The summed E-state index contributed by atoms with van der Waals surface area (Å²) in [5, 5.41) is 6.88. The van der Waals surface area contributed by atoms with Crippen LogP contribution >= 0.6 is 24.0 Å². The summed E-state index contributed by atoms with van der Waals surface area (Å²) in [5.74, 6) is 0.570. The summed E-state index contributed by atoms with van der Waals surface area (Å²) < 4.78 is 31.2. The van der Waals surface area contributed by atoms with Crippen LogP contribution in [0.3, 0.4) is 0 Å². The van der Waals surface area contributed by atoms with Crippen LogP contribution in [0.5, 0.6) is 0 Å². The van der Waals surface area contributed by atoms with Gasteiger partial charge in [0.2, 0.25) is 15.9 Å². The number of aromatic nitrogens is 1. The van der Waals surface area contributed by atoms with Gasteiger partial charge in [-0.05, 0) is 6.92 Å². The molecule has 160 valence electrons. The molecule has 0 radical (unpaired) electrons. The maximum absolute atomic E-state index is 12.5. The minimum Gasteiger partial charge on any atom is -0.364 e. The molecule has 0 aliphatic carbocycles. The van der Waals surface area contributed by atoms with E-state index in [-0.39, 0.29) is 35.6 Å². The zero-order valence-electron chi connectivity index (χ0n) is 16.5. The number of piperazine rings is 1. The van der Waals surface area contributed by atoms with Crippen LogP contribution in [-0.4, -0.2) is 92.9 Å². The van der Waals surface area contributed by atoms with Crippen molar-refractivity contribution in [2.45, 2.75) is 19.1 Å². The summed E-state index contributed by atoms with van der Waals surface area (Å²) >= 11 is 0. The highest BCUT2D eigenvalue weighted by atomic mass is 127. The molecule has 1 amide bonds. The minimum atomic E-state index is -3.43. The lowest BCUT2D eigenvalue weighted by molar-refractivity contribution is -0.128. The quantitative estimate of drug-likeness (QED) is 0.306. The predicted octanol–water partition coefficient (Wildman–Crippen LogP) is 0.184. The number of hydrogen-bond acceptors (Lipinski definition) is 6. The van der Waals surface area contributed by atoms with E-state index in [1.807, 2.05) is 11.8 Å². The Morgan fingerprint density at radius 3 is 2.54 bits per heavy atom. The second kappa shape index (κ2) is 11.6. The highest BCUT2D eigenvalue weighted by Crippen LogP contribution is 2.13. The van der Waals surface area contributed by atoms with Crippen LogP contribution < -0.4 is 5.32 Å². The monoisotopic (exact) mass is 528 g/mol. The van der Waals surface area contributed by atoms with E-state index in [4.69, 9.17) is 4.52 Å². The van der Waals surface area contributed by atoms with Gasteiger partial charge >= 0.3 is 0 Å². The van der Waals surface area contributed by atoms with Gasteiger partial charge in [0, 0.05) is 59.3 Å². The zero-order chi connectivity index (χ0) is 19.9. The first-order valence-corrected chi connectivity index (χ1v) is 10.5. The molecule has 0 unspecified atom stereocenters. The van der Waals surface area contributed by atoms with Gasteiger partial charge < -0.3 is 19.6 Å². The van der Waals surface area contributed by atoms with Gasteiger partial charge in [-0.3, -0.25) is 9.79 Å². The number of nitrogens with zero attached hydrogens (tertiary/aromatic N) is 5. The second-order valence-corrected chi connectivity index (χ2v) is 8.38. The lowest BCUT2D eigenvalue weighted by atomic mass is 10.3. The van der Waals surface area contributed by atoms with Crippen molar-refractivity contribution in [2.75, 3.05) is 53.4 Å². The third kappa shape index (κ3) is 7.20. The van der Waals surface area contributed by atoms with Crippen LogP contribution in [0.15, 0.2) is 21.8 Å². The summed E-state index contributed by atoms with van der Waals surface area (Å²) in [6.45, 7) is 4.88. The average molecular weight is 528 g/mol. The molecule has 1 aromatic heterocycles. The van der Waals surface area contributed by atoms with E-state index >= 15 is 0 Å². The first-order chi connectivity index (χ1) is 12.8. The number of amides is 1. The van der Waals surface area contributed by atoms with Crippen LogP contribution in [-0.2, 0) is 20.6 Å². The summed E-state index contributed by atoms with van der Waals surface area (Å²) in [7, 11) is 0.00474. The SMILES string of the molecule is CCNC(=NCCC(=O)N(C)C)N1CCN(S(=O)(=O)Cc2ccon2)CC1.I. The van der Waals surface area contributed by atoms with Gasteiger partial charge in [0.1, 0.15) is 12.0 Å². The van der Waals surface area contributed by atoms with Gasteiger partial charge in [-0.1, -0.05) is 5.16 Å². The maximum Gasteiger partial charge on any atom is 0.223 e. The minimum absolute atomic E-state index is 0.